The van der Waals surface area contributed by atoms with Gasteiger partial charge < -0.3 is 65.1 Å². The topological polar surface area (TPSA) is 228 Å². The van der Waals surface area contributed by atoms with Gasteiger partial charge in [-0.3, -0.25) is 4.79 Å². The van der Waals surface area contributed by atoms with Crippen LogP contribution in [0.3, 0.4) is 0 Å². The molecule has 0 spiro atoms. The number of rotatable bonds is 63. The van der Waals surface area contributed by atoms with Crippen LogP contribution in [0.15, 0.2) is 109 Å². The number of nitrogens with one attached hydrogen (secondary N) is 1. The molecule has 0 aliphatic carbocycles. The highest BCUT2D eigenvalue weighted by Crippen LogP contribution is 2.30. The molecule has 2 fully saturated rings. The van der Waals surface area contributed by atoms with Crippen LogP contribution < -0.4 is 5.32 Å². The van der Waals surface area contributed by atoms with Crippen molar-refractivity contribution in [2.75, 3.05) is 19.8 Å². The zero-order chi connectivity index (χ0) is 68.7. The Kier molecular flexibility index (Phi) is 59.2. The second kappa shape index (κ2) is 64.1. The number of unbranched alkanes of at least 4 members (excludes halogenated alkanes) is 34. The number of hydrogen-bond donors (Lipinski definition) is 9. The number of carbonyl (C=O) groups is 1. The molecule has 0 aromatic heterocycles. The number of ether oxygens (including phenoxy) is 4. The monoisotopic (exact) mass is 1340 g/mol. The van der Waals surface area contributed by atoms with E-state index in [4.69, 9.17) is 18.9 Å². The van der Waals surface area contributed by atoms with E-state index in [2.05, 4.69) is 116 Å². The van der Waals surface area contributed by atoms with Crippen molar-refractivity contribution in [3.63, 3.8) is 0 Å². The van der Waals surface area contributed by atoms with Crippen molar-refractivity contribution in [3.8, 4) is 0 Å². The van der Waals surface area contributed by atoms with Crippen molar-refractivity contribution in [1.29, 1.82) is 0 Å². The first-order valence-electron chi connectivity index (χ1n) is 38.6. The van der Waals surface area contributed by atoms with Gasteiger partial charge in [0.2, 0.25) is 5.91 Å². The summed E-state index contributed by atoms with van der Waals surface area (Å²) in [5.41, 5.74) is 0. The molecule has 548 valence electrons. The largest absolute Gasteiger partial charge is 0.394 e. The number of aliphatic hydroxyl groups is 8. The molecule has 2 heterocycles. The Balaban J connectivity index is 1.67. The van der Waals surface area contributed by atoms with Crippen molar-refractivity contribution in [2.45, 2.75) is 376 Å². The molecule has 0 radical (unpaired) electrons. The van der Waals surface area contributed by atoms with E-state index >= 15 is 0 Å². The van der Waals surface area contributed by atoms with Crippen LogP contribution in [0.2, 0.25) is 0 Å². The van der Waals surface area contributed by atoms with Crippen LogP contribution in [-0.4, -0.2) is 140 Å². The first kappa shape index (κ1) is 87.7. The zero-order valence-corrected chi connectivity index (χ0v) is 59.9. The maximum Gasteiger partial charge on any atom is 0.220 e. The Hall–Kier alpha value is -3.35. The molecule has 12 atom stereocenters. The molecular weight excluding hydrogens is 1190 g/mol. The number of amides is 1. The van der Waals surface area contributed by atoms with E-state index in [1.165, 1.54) is 180 Å². The summed E-state index contributed by atoms with van der Waals surface area (Å²) in [6.07, 6.45) is 75.9. The maximum absolute atomic E-state index is 13.4. The molecule has 2 aliphatic heterocycles. The quantitative estimate of drug-likeness (QED) is 0.0204. The Morgan fingerprint density at radius 3 is 1.16 bits per heavy atom. The van der Waals surface area contributed by atoms with Gasteiger partial charge in [-0.05, 0) is 96.3 Å². The second-order valence-electron chi connectivity index (χ2n) is 26.7. The van der Waals surface area contributed by atoms with E-state index in [0.29, 0.717) is 12.8 Å². The number of aliphatic hydroxyl groups excluding tert-OH is 8. The summed E-state index contributed by atoms with van der Waals surface area (Å²) in [7, 11) is 0. The average molecular weight is 1340 g/mol. The summed E-state index contributed by atoms with van der Waals surface area (Å²) in [5.74, 6) is -0.260. The van der Waals surface area contributed by atoms with Crippen molar-refractivity contribution in [3.05, 3.63) is 109 Å². The molecule has 2 rings (SSSR count). The summed E-state index contributed by atoms with van der Waals surface area (Å²) in [6.45, 7) is 2.69. The smallest absolute Gasteiger partial charge is 0.220 e. The van der Waals surface area contributed by atoms with Gasteiger partial charge in [0.15, 0.2) is 12.6 Å². The molecule has 0 aromatic rings. The maximum atomic E-state index is 13.4. The van der Waals surface area contributed by atoms with E-state index < -0.39 is 86.8 Å². The van der Waals surface area contributed by atoms with Gasteiger partial charge in [0.05, 0.1) is 32.0 Å². The molecule has 0 saturated carbocycles. The zero-order valence-electron chi connectivity index (χ0n) is 59.9. The van der Waals surface area contributed by atoms with E-state index in [9.17, 15) is 45.6 Å². The Morgan fingerprint density at radius 1 is 0.389 bits per heavy atom. The van der Waals surface area contributed by atoms with Crippen LogP contribution in [0.1, 0.15) is 303 Å². The number of allylic oxidation sites excluding steroid dienone is 17. The Morgan fingerprint density at radius 2 is 0.737 bits per heavy atom. The van der Waals surface area contributed by atoms with Crippen molar-refractivity contribution in [1.82, 2.24) is 5.32 Å². The summed E-state index contributed by atoms with van der Waals surface area (Å²) in [4.78, 5) is 13.4. The van der Waals surface area contributed by atoms with Gasteiger partial charge in [0, 0.05) is 6.42 Å². The highest BCUT2D eigenvalue weighted by Gasteiger charge is 2.51. The highest BCUT2D eigenvalue weighted by atomic mass is 16.7. The SMILES string of the molecule is CC/C=C\C/C=C\C/C=C\C/C=C\C/C=C\C/C=C\CCCCCCCCCCCCC(=O)NC(COC1OC(CO)C(OC2OC(CO)C(O)C(O)C2O)C(O)C1O)C(O)/C=C/CC/C=C/CC/C=C/CCCCCCCCCCCCCCCCCCCCCCCC. The van der Waals surface area contributed by atoms with Gasteiger partial charge >= 0.3 is 0 Å². The van der Waals surface area contributed by atoms with E-state index in [-0.39, 0.29) is 18.9 Å². The number of hydrogen-bond acceptors (Lipinski definition) is 13. The number of carbonyl (C=O) groups excluding carboxylic acids is 1. The third kappa shape index (κ3) is 47.4. The lowest BCUT2D eigenvalue weighted by Crippen LogP contribution is -2.65. The Bertz CT molecular complexity index is 2010. The molecule has 0 aromatic carbocycles. The summed E-state index contributed by atoms with van der Waals surface area (Å²) >= 11 is 0. The fourth-order valence-corrected chi connectivity index (χ4v) is 12.1. The van der Waals surface area contributed by atoms with Crippen molar-refractivity contribution < 1.29 is 64.6 Å². The van der Waals surface area contributed by atoms with Crippen LogP contribution in [0, 0.1) is 0 Å². The van der Waals surface area contributed by atoms with E-state index in [0.717, 1.165) is 89.9 Å². The van der Waals surface area contributed by atoms with Crippen LogP contribution in [0.25, 0.3) is 0 Å². The Labute approximate surface area is 578 Å². The van der Waals surface area contributed by atoms with Gasteiger partial charge in [-0.1, -0.05) is 309 Å². The van der Waals surface area contributed by atoms with Crippen LogP contribution >= 0.6 is 0 Å². The van der Waals surface area contributed by atoms with E-state index in [1.807, 2.05) is 6.08 Å². The summed E-state index contributed by atoms with van der Waals surface area (Å²) in [5, 5.41) is 87.6. The third-order valence-corrected chi connectivity index (χ3v) is 18.2. The predicted octanol–water partition coefficient (Wildman–Crippen LogP) is 17.1. The fourth-order valence-electron chi connectivity index (χ4n) is 12.1. The third-order valence-electron chi connectivity index (χ3n) is 18.2. The average Bonchev–Trinajstić information content (AvgIpc) is 0.801. The minimum absolute atomic E-state index is 0.258. The molecule has 14 nitrogen and oxygen atoms in total. The molecular formula is C81H141NO13. The second-order valence-corrected chi connectivity index (χ2v) is 26.7. The summed E-state index contributed by atoms with van der Waals surface area (Å²) in [6, 6.07) is -0.950. The lowest BCUT2D eigenvalue weighted by molar-refractivity contribution is -0.359. The van der Waals surface area contributed by atoms with Crippen LogP contribution in [-0.2, 0) is 23.7 Å². The fraction of sp³-hybridized carbons (Fsp3) is 0.765. The van der Waals surface area contributed by atoms with Gasteiger partial charge in [0.25, 0.3) is 0 Å². The highest BCUT2D eigenvalue weighted by molar-refractivity contribution is 5.76. The lowest BCUT2D eigenvalue weighted by atomic mass is 9.97. The molecule has 1 amide bonds. The van der Waals surface area contributed by atoms with Gasteiger partial charge in [-0.15, -0.1) is 0 Å². The molecule has 12 unspecified atom stereocenters. The van der Waals surface area contributed by atoms with Crippen LogP contribution in [0.5, 0.6) is 0 Å². The molecule has 0 bridgehead atoms. The minimum Gasteiger partial charge on any atom is -0.394 e. The van der Waals surface area contributed by atoms with Gasteiger partial charge in [0.1, 0.15) is 48.8 Å². The standard InChI is InChI=1S/C81H141NO13/c1-3-5-7-9-11-13-15-17-19-21-23-25-27-29-31-33-34-35-37-38-40-42-44-46-48-50-52-54-56-58-60-62-64-70(85)69(68-92-80-78(91)76(89)79(72(67-84)94-80)95-81-77(90)75(88)74(87)71(66-83)93-81)82-73(86)65-63-61-59-57-55-53-51-49-47-45-43-41-39-36-32-30-28-26-24-22-20-18-16-14-12-10-8-6-4-2/h6,8,12,14,18,20,24,26,30,32,39,41,46,48,54,56,62,64,69-72,74-81,83-85,87-91H,3-5,7,9-11,13,15-17,19,21-23,25,27-29,31,33-38,40,42-45,47,49-53,55,57-61,63,65-68H2,1-2H3,(H,82,86)/b8-6-,14-12-,20-18-,26-24-,32-30-,41-39-,48-46+,56-54+,64-62+. The molecule has 14 heteroatoms. The summed E-state index contributed by atoms with van der Waals surface area (Å²) < 4.78 is 22.9. The van der Waals surface area contributed by atoms with E-state index in [1.54, 1.807) is 6.08 Å². The first-order valence-corrected chi connectivity index (χ1v) is 38.6. The molecule has 2 aliphatic rings. The predicted molar refractivity (Wildman–Crippen MR) is 392 cm³/mol. The van der Waals surface area contributed by atoms with Crippen LogP contribution in [0.4, 0.5) is 0 Å². The van der Waals surface area contributed by atoms with Crippen molar-refractivity contribution in [2.24, 2.45) is 0 Å². The van der Waals surface area contributed by atoms with Gasteiger partial charge in [-0.2, -0.15) is 0 Å². The first-order chi connectivity index (χ1) is 46.6. The van der Waals surface area contributed by atoms with Crippen molar-refractivity contribution >= 4 is 5.91 Å². The molecule has 95 heavy (non-hydrogen) atoms. The lowest BCUT2D eigenvalue weighted by Gasteiger charge is -2.46. The minimum atomic E-state index is -1.80. The normalized spacial score (nSPS) is 23.0. The molecule has 2 saturated heterocycles. The van der Waals surface area contributed by atoms with Gasteiger partial charge in [-0.25, -0.2) is 0 Å². The molecule has 9 N–H and O–H groups in total.